The van der Waals surface area contributed by atoms with Gasteiger partial charge < -0.3 is 19.7 Å². The molecular weight excluding hydrogens is 652 g/mol. The van der Waals surface area contributed by atoms with Crippen molar-refractivity contribution in [1.82, 2.24) is 0 Å². The minimum absolute atomic E-state index is 0.159. The number of phenolic OH excluding ortho intramolecular Hbond substituents is 1. The molecule has 0 heterocycles. The molecule has 1 atom stereocenters. The number of nitro groups is 1. The summed E-state index contributed by atoms with van der Waals surface area (Å²) in [5.74, 6) is 0.917. The fraction of sp³-hybridized carbons (Fsp3) is 0.432. The second kappa shape index (κ2) is 17.2. The minimum atomic E-state index is -1.85. The number of unbranched alkanes of at least 4 members (excludes halogenated alkanes) is 2. The summed E-state index contributed by atoms with van der Waals surface area (Å²) in [6, 6.07) is 24.7. The number of nitrogens with zero attached hydrogens (tertiary/aromatic N) is 2. The Kier molecular flexibility index (Phi) is 13.3. The molecule has 0 aliphatic carbocycles. The van der Waals surface area contributed by atoms with Gasteiger partial charge in [-0.3, -0.25) is 15.1 Å². The first-order valence-electron chi connectivity index (χ1n) is 18.4. The number of nitro benzene ring substituents is 1. The van der Waals surface area contributed by atoms with Gasteiger partial charge in [0, 0.05) is 35.0 Å². The first-order chi connectivity index (χ1) is 24.6. The van der Waals surface area contributed by atoms with Crippen LogP contribution >= 0.6 is 0 Å². The monoisotopic (exact) mass is 708 g/mol. The number of hydrogen-bond donors (Lipinski definition) is 2. The fourth-order valence-corrected chi connectivity index (χ4v) is 6.07. The maximum absolute atomic E-state index is 14.0. The molecule has 4 rings (SSSR count). The van der Waals surface area contributed by atoms with E-state index in [-0.39, 0.29) is 34.3 Å². The van der Waals surface area contributed by atoms with E-state index < -0.39 is 16.6 Å². The zero-order chi connectivity index (χ0) is 38.1. The van der Waals surface area contributed by atoms with Crippen LogP contribution in [0.3, 0.4) is 0 Å². The highest BCUT2D eigenvalue weighted by Gasteiger charge is 2.45. The van der Waals surface area contributed by atoms with Crippen LogP contribution in [0.5, 0.6) is 17.2 Å². The van der Waals surface area contributed by atoms with E-state index in [2.05, 4.69) is 55.4 Å². The Morgan fingerprint density at radius 3 is 1.75 bits per heavy atom. The largest absolute Gasteiger partial charge is 0.507 e. The summed E-state index contributed by atoms with van der Waals surface area (Å²) >= 11 is 0. The first kappa shape index (κ1) is 40.1. The molecule has 4 aromatic carbocycles. The Bertz CT molecular complexity index is 1750. The number of aromatic hydroxyl groups is 1. The SMILES string of the molecule is CCCCOc1ccc(C(C)(C)C)cc1C(O)(c1cc(C(C)(C)C)ccc1OCCCC)[C@@H](Cc1ccccc1)N=Cc1cc([N+](=O)[O-])ccc1O. The number of non-ortho nitro benzene ring substituents is 1. The summed E-state index contributed by atoms with van der Waals surface area (Å²) in [4.78, 5) is 16.3. The van der Waals surface area contributed by atoms with Crippen molar-refractivity contribution in [3.05, 3.63) is 128 Å². The molecular formula is C44H56N2O6. The maximum atomic E-state index is 14.0. The normalized spacial score (nSPS) is 12.9. The van der Waals surface area contributed by atoms with Gasteiger partial charge in [-0.2, -0.15) is 0 Å². The van der Waals surface area contributed by atoms with Gasteiger partial charge in [-0.1, -0.05) is 111 Å². The second-order valence-corrected chi connectivity index (χ2v) is 15.6. The summed E-state index contributed by atoms with van der Waals surface area (Å²) in [6.07, 6.45) is 5.26. The molecule has 8 nitrogen and oxygen atoms in total. The third-order valence-electron chi connectivity index (χ3n) is 9.39. The van der Waals surface area contributed by atoms with Crippen molar-refractivity contribution in [1.29, 1.82) is 0 Å². The molecule has 0 saturated heterocycles. The molecule has 52 heavy (non-hydrogen) atoms. The highest BCUT2D eigenvalue weighted by molar-refractivity contribution is 5.84. The molecule has 0 bridgehead atoms. The number of ether oxygens (including phenoxy) is 2. The quantitative estimate of drug-likeness (QED) is 0.0518. The van der Waals surface area contributed by atoms with E-state index in [1.165, 1.54) is 24.4 Å². The van der Waals surface area contributed by atoms with Crippen LogP contribution in [0.25, 0.3) is 0 Å². The predicted octanol–water partition coefficient (Wildman–Crippen LogP) is 10.2. The van der Waals surface area contributed by atoms with E-state index >= 15 is 0 Å². The molecule has 278 valence electrons. The van der Waals surface area contributed by atoms with Crippen LogP contribution in [-0.4, -0.2) is 40.6 Å². The summed E-state index contributed by atoms with van der Waals surface area (Å²) < 4.78 is 13.0. The highest BCUT2D eigenvalue weighted by Crippen LogP contribution is 2.47. The van der Waals surface area contributed by atoms with Crippen LogP contribution in [-0.2, 0) is 22.9 Å². The second-order valence-electron chi connectivity index (χ2n) is 15.6. The van der Waals surface area contributed by atoms with Crippen LogP contribution in [0, 0.1) is 10.1 Å². The van der Waals surface area contributed by atoms with Gasteiger partial charge >= 0.3 is 0 Å². The molecule has 0 amide bonds. The average molecular weight is 709 g/mol. The topological polar surface area (TPSA) is 114 Å². The molecule has 0 aliphatic heterocycles. The lowest BCUT2D eigenvalue weighted by atomic mass is 9.73. The van der Waals surface area contributed by atoms with Crippen molar-refractivity contribution >= 4 is 11.9 Å². The van der Waals surface area contributed by atoms with E-state index in [4.69, 9.17) is 14.5 Å². The summed E-state index contributed by atoms with van der Waals surface area (Å²) in [6.45, 7) is 17.9. The molecule has 4 aromatic rings. The van der Waals surface area contributed by atoms with Crippen molar-refractivity contribution in [3.8, 4) is 17.2 Å². The van der Waals surface area contributed by atoms with Crippen molar-refractivity contribution < 1.29 is 24.6 Å². The number of phenols is 1. The highest BCUT2D eigenvalue weighted by atomic mass is 16.6. The molecule has 0 radical (unpaired) electrons. The van der Waals surface area contributed by atoms with E-state index in [1.54, 1.807) is 0 Å². The molecule has 0 aromatic heterocycles. The molecule has 2 N–H and O–H groups in total. The lowest BCUT2D eigenvalue weighted by Gasteiger charge is -2.39. The number of rotatable bonds is 16. The van der Waals surface area contributed by atoms with Gasteiger partial charge in [0.25, 0.3) is 5.69 Å². The van der Waals surface area contributed by atoms with E-state index in [0.29, 0.717) is 35.8 Å². The summed E-state index contributed by atoms with van der Waals surface area (Å²) in [7, 11) is 0. The standard InChI is InChI=1S/C44H56N2O6/c1-9-11-24-51-39-22-18-33(42(3,4)5)28-36(39)44(48,37-29-34(43(6,7)8)19-23-40(37)52-25-12-10-2)41(26-31-16-14-13-15-17-31)45-30-32-27-35(46(49)50)20-21-38(32)47/h13-23,27-30,41,47-48H,9-12,24-26H2,1-8H3/t41-/m1/s1. The minimum Gasteiger partial charge on any atom is -0.507 e. The third kappa shape index (κ3) is 9.79. The van der Waals surface area contributed by atoms with Gasteiger partial charge in [0.2, 0.25) is 0 Å². The van der Waals surface area contributed by atoms with Gasteiger partial charge in [0.1, 0.15) is 22.8 Å². The van der Waals surface area contributed by atoms with E-state index in [0.717, 1.165) is 42.4 Å². The summed E-state index contributed by atoms with van der Waals surface area (Å²) in [5.41, 5.74) is 1.62. The van der Waals surface area contributed by atoms with Gasteiger partial charge in [-0.15, -0.1) is 0 Å². The van der Waals surface area contributed by atoms with Gasteiger partial charge in [-0.25, -0.2) is 0 Å². The van der Waals surface area contributed by atoms with Crippen molar-refractivity contribution in [2.45, 2.75) is 110 Å². The van der Waals surface area contributed by atoms with Crippen LogP contribution in [0.2, 0.25) is 0 Å². The number of hydrogen-bond acceptors (Lipinski definition) is 7. The van der Waals surface area contributed by atoms with Crippen molar-refractivity contribution in [3.63, 3.8) is 0 Å². The Balaban J connectivity index is 2.15. The van der Waals surface area contributed by atoms with Gasteiger partial charge in [0.15, 0.2) is 0 Å². The molecule has 8 heteroatoms. The lowest BCUT2D eigenvalue weighted by Crippen LogP contribution is -2.42. The predicted molar refractivity (Wildman–Crippen MR) is 210 cm³/mol. The van der Waals surface area contributed by atoms with Crippen LogP contribution in [0.15, 0.2) is 89.9 Å². The fourth-order valence-electron chi connectivity index (χ4n) is 6.07. The zero-order valence-electron chi connectivity index (χ0n) is 32.1. The Hall–Kier alpha value is -4.69. The lowest BCUT2D eigenvalue weighted by molar-refractivity contribution is -0.384. The smallest absolute Gasteiger partial charge is 0.270 e. The Labute approximate surface area is 309 Å². The van der Waals surface area contributed by atoms with Crippen LogP contribution in [0.1, 0.15) is 114 Å². The van der Waals surface area contributed by atoms with Gasteiger partial charge in [0.05, 0.1) is 24.2 Å². The number of aliphatic imine (C=N–C) groups is 1. The van der Waals surface area contributed by atoms with Gasteiger partial charge in [-0.05, 0) is 77.1 Å². The molecule has 0 saturated carbocycles. The zero-order valence-corrected chi connectivity index (χ0v) is 32.1. The van der Waals surface area contributed by atoms with Crippen molar-refractivity contribution in [2.24, 2.45) is 4.99 Å². The van der Waals surface area contributed by atoms with Crippen LogP contribution < -0.4 is 9.47 Å². The average Bonchev–Trinajstić information content (AvgIpc) is 3.10. The number of aliphatic hydroxyl groups is 1. The molecule has 0 fully saturated rings. The Morgan fingerprint density at radius 2 is 1.29 bits per heavy atom. The Morgan fingerprint density at radius 1 is 0.769 bits per heavy atom. The summed E-state index contributed by atoms with van der Waals surface area (Å²) in [5, 5.41) is 36.5. The van der Waals surface area contributed by atoms with Crippen LogP contribution in [0.4, 0.5) is 5.69 Å². The number of benzene rings is 4. The van der Waals surface area contributed by atoms with E-state index in [9.17, 15) is 20.3 Å². The third-order valence-corrected chi connectivity index (χ3v) is 9.39. The first-order valence-corrected chi connectivity index (χ1v) is 18.4. The molecule has 0 spiro atoms. The van der Waals surface area contributed by atoms with E-state index in [1.807, 2.05) is 66.7 Å². The molecule has 0 unspecified atom stereocenters. The molecule has 0 aliphatic rings. The maximum Gasteiger partial charge on any atom is 0.270 e. The van der Waals surface area contributed by atoms with Crippen molar-refractivity contribution in [2.75, 3.05) is 13.2 Å².